The van der Waals surface area contributed by atoms with Crippen LogP contribution in [0.15, 0.2) is 29.6 Å². The van der Waals surface area contributed by atoms with Crippen molar-refractivity contribution in [3.8, 4) is 0 Å². The molecular weight excluding hydrogens is 198 g/mol. The molecule has 1 aromatic rings. The van der Waals surface area contributed by atoms with Crippen LogP contribution >= 0.6 is 11.6 Å². The van der Waals surface area contributed by atoms with Crippen molar-refractivity contribution in [2.45, 2.75) is 19.9 Å². The maximum atomic E-state index is 5.53. The zero-order valence-electron chi connectivity index (χ0n) is 8.41. The minimum absolute atomic E-state index is 0.864. The van der Waals surface area contributed by atoms with Gasteiger partial charge in [0.1, 0.15) is 0 Å². The van der Waals surface area contributed by atoms with Gasteiger partial charge in [0.2, 0.25) is 0 Å². The third kappa shape index (κ3) is 4.44. The first-order chi connectivity index (χ1) is 6.83. The van der Waals surface area contributed by atoms with E-state index in [1.54, 1.807) is 11.7 Å². The van der Waals surface area contributed by atoms with Crippen molar-refractivity contribution in [3.05, 3.63) is 29.6 Å². The number of hydrogen-bond acceptors (Lipinski definition) is 2. The highest BCUT2D eigenvalue weighted by Gasteiger charge is 1.91. The van der Waals surface area contributed by atoms with Gasteiger partial charge in [-0.3, -0.25) is 4.68 Å². The molecule has 0 spiro atoms. The maximum absolute atomic E-state index is 5.53. The quantitative estimate of drug-likeness (QED) is 0.733. The van der Waals surface area contributed by atoms with Gasteiger partial charge in [-0.05, 0) is 31.5 Å². The fourth-order valence-electron chi connectivity index (χ4n) is 1.12. The molecule has 0 saturated carbocycles. The van der Waals surface area contributed by atoms with E-state index in [9.17, 15) is 0 Å². The monoisotopic (exact) mass is 213 g/mol. The molecule has 78 valence electrons. The molecule has 0 aliphatic heterocycles. The molecular formula is C10H16ClN3. The summed E-state index contributed by atoms with van der Waals surface area (Å²) < 4.78 is 1.94. The molecule has 1 heterocycles. The molecule has 0 fully saturated rings. The number of hydrogen-bond donors (Lipinski definition) is 1. The highest BCUT2D eigenvalue weighted by atomic mass is 35.5. The second-order valence-electron chi connectivity index (χ2n) is 3.25. The molecule has 0 saturated heterocycles. The first-order valence-electron chi connectivity index (χ1n) is 4.77. The molecule has 0 radical (unpaired) electrons. The van der Waals surface area contributed by atoms with Crippen LogP contribution in [0, 0.1) is 0 Å². The Morgan fingerprint density at radius 1 is 1.64 bits per heavy atom. The van der Waals surface area contributed by atoms with Crippen molar-refractivity contribution >= 4 is 11.6 Å². The van der Waals surface area contributed by atoms with E-state index in [2.05, 4.69) is 10.4 Å². The Kier molecular flexibility index (Phi) is 5.33. The largest absolute Gasteiger partial charge is 0.313 e. The molecule has 0 aliphatic carbocycles. The van der Waals surface area contributed by atoms with E-state index in [4.69, 9.17) is 11.6 Å². The third-order valence-electron chi connectivity index (χ3n) is 1.89. The van der Waals surface area contributed by atoms with Gasteiger partial charge in [-0.1, -0.05) is 11.6 Å². The normalized spacial score (nSPS) is 12.0. The molecule has 4 heteroatoms. The summed E-state index contributed by atoms with van der Waals surface area (Å²) in [6, 6.07) is 1.94. The predicted molar refractivity (Wildman–Crippen MR) is 59.3 cm³/mol. The SMILES string of the molecule is C/C(=C/Cl)CNCCCn1cccn1. The van der Waals surface area contributed by atoms with Crippen LogP contribution in [-0.4, -0.2) is 22.9 Å². The summed E-state index contributed by atoms with van der Waals surface area (Å²) in [6.07, 6.45) is 4.86. The zero-order valence-corrected chi connectivity index (χ0v) is 9.17. The molecule has 3 nitrogen and oxygen atoms in total. The molecule has 1 rings (SSSR count). The second-order valence-corrected chi connectivity index (χ2v) is 3.47. The molecule has 0 atom stereocenters. The Morgan fingerprint density at radius 3 is 3.14 bits per heavy atom. The van der Waals surface area contributed by atoms with Gasteiger partial charge in [0.05, 0.1) is 0 Å². The minimum Gasteiger partial charge on any atom is -0.313 e. The summed E-state index contributed by atoms with van der Waals surface area (Å²) in [7, 11) is 0. The second kappa shape index (κ2) is 6.62. The lowest BCUT2D eigenvalue weighted by molar-refractivity contribution is 0.553. The van der Waals surface area contributed by atoms with Crippen LogP contribution in [0.25, 0.3) is 0 Å². The predicted octanol–water partition coefficient (Wildman–Crippen LogP) is 2.01. The van der Waals surface area contributed by atoms with E-state index >= 15 is 0 Å². The lowest BCUT2D eigenvalue weighted by Crippen LogP contribution is -2.18. The standard InChI is InChI=1S/C10H16ClN3/c1-10(8-11)9-12-4-2-6-14-7-3-5-13-14/h3,5,7-8,12H,2,4,6,9H2,1H3/b10-8-. The van der Waals surface area contributed by atoms with Crippen LogP contribution in [-0.2, 0) is 6.54 Å². The van der Waals surface area contributed by atoms with E-state index < -0.39 is 0 Å². The van der Waals surface area contributed by atoms with Crippen LogP contribution in [0.4, 0.5) is 0 Å². The number of aromatic nitrogens is 2. The Balaban J connectivity index is 2.00. The van der Waals surface area contributed by atoms with E-state index in [1.165, 1.54) is 0 Å². The van der Waals surface area contributed by atoms with Crippen molar-refractivity contribution < 1.29 is 0 Å². The lowest BCUT2D eigenvalue weighted by atomic mass is 10.3. The molecule has 1 aromatic heterocycles. The molecule has 14 heavy (non-hydrogen) atoms. The number of nitrogens with one attached hydrogen (secondary N) is 1. The van der Waals surface area contributed by atoms with Crippen LogP contribution in [0.3, 0.4) is 0 Å². The third-order valence-corrected chi connectivity index (χ3v) is 2.26. The van der Waals surface area contributed by atoms with E-state index in [1.807, 2.05) is 23.9 Å². The highest BCUT2D eigenvalue weighted by Crippen LogP contribution is 1.92. The van der Waals surface area contributed by atoms with Crippen molar-refractivity contribution in [3.63, 3.8) is 0 Å². The van der Waals surface area contributed by atoms with E-state index in [-0.39, 0.29) is 0 Å². The van der Waals surface area contributed by atoms with Gasteiger partial charge in [-0.15, -0.1) is 0 Å². The lowest BCUT2D eigenvalue weighted by Gasteiger charge is -2.04. The van der Waals surface area contributed by atoms with Crippen LogP contribution in [0.5, 0.6) is 0 Å². The fraction of sp³-hybridized carbons (Fsp3) is 0.500. The fourth-order valence-corrected chi connectivity index (χ4v) is 1.20. The van der Waals surface area contributed by atoms with Crippen LogP contribution < -0.4 is 5.32 Å². The molecule has 0 bridgehead atoms. The molecule has 0 aromatic carbocycles. The van der Waals surface area contributed by atoms with Gasteiger partial charge >= 0.3 is 0 Å². The van der Waals surface area contributed by atoms with E-state index in [0.717, 1.165) is 31.6 Å². The first kappa shape index (κ1) is 11.3. The Bertz CT molecular complexity index is 267. The van der Waals surface area contributed by atoms with Gasteiger partial charge in [-0.25, -0.2) is 0 Å². The zero-order chi connectivity index (χ0) is 10.2. The van der Waals surface area contributed by atoms with Crippen LogP contribution in [0.1, 0.15) is 13.3 Å². The first-order valence-corrected chi connectivity index (χ1v) is 5.20. The molecule has 0 aliphatic rings. The van der Waals surface area contributed by atoms with Crippen molar-refractivity contribution in [2.24, 2.45) is 0 Å². The Labute approximate surface area is 89.8 Å². The van der Waals surface area contributed by atoms with Gasteiger partial charge in [0.15, 0.2) is 0 Å². The van der Waals surface area contributed by atoms with Gasteiger partial charge in [0.25, 0.3) is 0 Å². The average molecular weight is 214 g/mol. The van der Waals surface area contributed by atoms with Crippen LogP contribution in [0.2, 0.25) is 0 Å². The van der Waals surface area contributed by atoms with Gasteiger partial charge in [0, 0.05) is 31.0 Å². The van der Waals surface area contributed by atoms with Crippen molar-refractivity contribution in [1.29, 1.82) is 0 Å². The minimum atomic E-state index is 0.864. The van der Waals surface area contributed by atoms with E-state index in [0.29, 0.717) is 0 Å². The summed E-state index contributed by atoms with van der Waals surface area (Å²) >= 11 is 5.53. The van der Waals surface area contributed by atoms with Crippen molar-refractivity contribution in [2.75, 3.05) is 13.1 Å². The highest BCUT2D eigenvalue weighted by molar-refractivity contribution is 6.25. The molecule has 0 unspecified atom stereocenters. The van der Waals surface area contributed by atoms with Crippen molar-refractivity contribution in [1.82, 2.24) is 15.1 Å². The summed E-state index contributed by atoms with van der Waals surface area (Å²) in [5, 5.41) is 7.43. The summed E-state index contributed by atoms with van der Waals surface area (Å²) in [6.45, 7) is 4.82. The Hall–Kier alpha value is -0.800. The Morgan fingerprint density at radius 2 is 2.50 bits per heavy atom. The summed E-state index contributed by atoms with van der Waals surface area (Å²) in [5.74, 6) is 0. The van der Waals surface area contributed by atoms with Gasteiger partial charge < -0.3 is 5.32 Å². The maximum Gasteiger partial charge on any atom is 0.0489 e. The summed E-state index contributed by atoms with van der Waals surface area (Å²) in [4.78, 5) is 0. The summed E-state index contributed by atoms with van der Waals surface area (Å²) in [5.41, 5.74) is 2.77. The molecule has 1 N–H and O–H groups in total. The number of halogens is 1. The average Bonchev–Trinajstić information content (AvgIpc) is 2.69. The topological polar surface area (TPSA) is 29.9 Å². The van der Waals surface area contributed by atoms with Gasteiger partial charge in [-0.2, -0.15) is 5.10 Å². The number of aryl methyl sites for hydroxylation is 1. The smallest absolute Gasteiger partial charge is 0.0489 e. The number of rotatable bonds is 6. The number of nitrogens with zero attached hydrogens (tertiary/aromatic N) is 2. The molecule has 0 amide bonds.